The van der Waals surface area contributed by atoms with Gasteiger partial charge in [0.1, 0.15) is 0 Å². The van der Waals surface area contributed by atoms with Crippen molar-refractivity contribution >= 4 is 5.91 Å². The second kappa shape index (κ2) is 7.04. The van der Waals surface area contributed by atoms with Gasteiger partial charge in [0.05, 0.1) is 12.2 Å². The van der Waals surface area contributed by atoms with Crippen LogP contribution in [0.2, 0.25) is 0 Å². The number of rotatable bonds is 6. The van der Waals surface area contributed by atoms with Gasteiger partial charge in [-0.05, 0) is 0 Å². The van der Waals surface area contributed by atoms with Crippen LogP contribution in [0.4, 0.5) is 0 Å². The van der Waals surface area contributed by atoms with Crippen LogP contribution >= 0.6 is 0 Å². The van der Waals surface area contributed by atoms with E-state index in [0.717, 1.165) is 13.1 Å². The summed E-state index contributed by atoms with van der Waals surface area (Å²) in [7, 11) is 6.89. The van der Waals surface area contributed by atoms with Crippen LogP contribution in [0.3, 0.4) is 0 Å². The molecule has 1 aliphatic heterocycles. The van der Waals surface area contributed by atoms with E-state index < -0.39 is 0 Å². The van der Waals surface area contributed by atoms with Crippen LogP contribution in [0, 0.1) is 0 Å². The van der Waals surface area contributed by atoms with Gasteiger partial charge in [-0.2, -0.15) is 0 Å². The maximum atomic E-state index is 11.8. The van der Waals surface area contributed by atoms with E-state index in [4.69, 9.17) is 15.2 Å². The Morgan fingerprint density at radius 1 is 1.33 bits per heavy atom. The molecule has 3 unspecified atom stereocenters. The molecule has 0 bridgehead atoms. The van der Waals surface area contributed by atoms with Gasteiger partial charge in [0.15, 0.2) is 0 Å². The van der Waals surface area contributed by atoms with Crippen molar-refractivity contribution in [2.75, 3.05) is 47.9 Å². The summed E-state index contributed by atoms with van der Waals surface area (Å²) < 4.78 is 10.8. The van der Waals surface area contributed by atoms with E-state index in [9.17, 15) is 4.79 Å². The minimum Gasteiger partial charge on any atom is -0.377 e. The third kappa shape index (κ3) is 3.65. The van der Waals surface area contributed by atoms with Crippen molar-refractivity contribution in [2.45, 2.75) is 24.7 Å². The van der Waals surface area contributed by atoms with E-state index in [2.05, 4.69) is 4.90 Å². The van der Waals surface area contributed by atoms with Crippen LogP contribution in [0.5, 0.6) is 0 Å². The lowest BCUT2D eigenvalue weighted by atomic mass is 10.1. The first kappa shape index (κ1) is 15.4. The topological polar surface area (TPSA) is 68.0 Å². The molecule has 1 aliphatic rings. The van der Waals surface area contributed by atoms with Crippen LogP contribution in [-0.4, -0.2) is 81.9 Å². The molecule has 1 rings (SSSR count). The molecule has 0 aromatic rings. The molecule has 106 valence electrons. The van der Waals surface area contributed by atoms with Crippen LogP contribution in [0.1, 0.15) is 6.42 Å². The van der Waals surface area contributed by atoms with Gasteiger partial charge in [0, 0.05) is 60.4 Å². The molecule has 0 aromatic carbocycles. The zero-order chi connectivity index (χ0) is 13.7. The summed E-state index contributed by atoms with van der Waals surface area (Å²) in [6, 6.07) is 0.0534. The largest absolute Gasteiger partial charge is 0.377 e. The summed E-state index contributed by atoms with van der Waals surface area (Å²) in [5, 5.41) is 0. The number of amides is 1. The molecule has 0 radical (unpaired) electrons. The van der Waals surface area contributed by atoms with Gasteiger partial charge in [0.2, 0.25) is 5.91 Å². The Morgan fingerprint density at radius 3 is 2.17 bits per heavy atom. The standard InChI is InChI=1S/C12H25N3O3/c1-14(2)12(16)5-9(6-13)15-7-10(17-3)11(8-15)18-4/h9-11H,5-8,13H2,1-4H3. The van der Waals surface area contributed by atoms with Crippen molar-refractivity contribution in [1.29, 1.82) is 0 Å². The minimum absolute atomic E-state index is 0.0534. The number of ether oxygens (including phenoxy) is 2. The van der Waals surface area contributed by atoms with Crippen molar-refractivity contribution < 1.29 is 14.3 Å². The van der Waals surface area contributed by atoms with Gasteiger partial charge < -0.3 is 20.1 Å². The first-order valence-corrected chi connectivity index (χ1v) is 6.23. The normalized spacial score (nSPS) is 26.3. The zero-order valence-electron chi connectivity index (χ0n) is 11.8. The molecule has 0 spiro atoms. The SMILES string of the molecule is COC1CN(C(CN)CC(=O)N(C)C)CC1OC. The molecule has 1 saturated heterocycles. The van der Waals surface area contributed by atoms with E-state index in [0.29, 0.717) is 13.0 Å². The van der Waals surface area contributed by atoms with Gasteiger partial charge in [-0.3, -0.25) is 9.69 Å². The van der Waals surface area contributed by atoms with E-state index >= 15 is 0 Å². The molecule has 1 fully saturated rings. The van der Waals surface area contributed by atoms with Crippen molar-refractivity contribution in [3.8, 4) is 0 Å². The Balaban J connectivity index is 2.59. The maximum absolute atomic E-state index is 11.8. The Bertz CT molecular complexity index is 261. The number of carbonyl (C=O) groups is 1. The van der Waals surface area contributed by atoms with Gasteiger partial charge in [-0.15, -0.1) is 0 Å². The van der Waals surface area contributed by atoms with Crippen molar-refractivity contribution in [3.63, 3.8) is 0 Å². The molecule has 0 saturated carbocycles. The lowest BCUT2D eigenvalue weighted by molar-refractivity contribution is -0.129. The van der Waals surface area contributed by atoms with Crippen LogP contribution in [0.15, 0.2) is 0 Å². The molecule has 2 N–H and O–H groups in total. The van der Waals surface area contributed by atoms with E-state index in [1.54, 1.807) is 33.2 Å². The molecule has 6 nitrogen and oxygen atoms in total. The predicted octanol–water partition coefficient (Wildman–Crippen LogP) is -0.862. The van der Waals surface area contributed by atoms with Crippen molar-refractivity contribution in [2.24, 2.45) is 5.73 Å². The summed E-state index contributed by atoms with van der Waals surface area (Å²) in [5.74, 6) is 0.0975. The Hall–Kier alpha value is -0.690. The second-order valence-electron chi connectivity index (χ2n) is 4.88. The first-order chi connectivity index (χ1) is 8.53. The zero-order valence-corrected chi connectivity index (χ0v) is 11.8. The molecule has 18 heavy (non-hydrogen) atoms. The highest BCUT2D eigenvalue weighted by atomic mass is 16.5. The van der Waals surface area contributed by atoms with Crippen LogP contribution in [0.25, 0.3) is 0 Å². The molecule has 3 atom stereocenters. The molecule has 1 amide bonds. The van der Waals surface area contributed by atoms with Gasteiger partial charge in [-0.1, -0.05) is 0 Å². The minimum atomic E-state index is 0.0534. The molecule has 1 heterocycles. The van der Waals surface area contributed by atoms with Gasteiger partial charge >= 0.3 is 0 Å². The lowest BCUT2D eigenvalue weighted by Crippen LogP contribution is -2.43. The Kier molecular flexibility index (Phi) is 6.01. The highest BCUT2D eigenvalue weighted by Crippen LogP contribution is 2.19. The first-order valence-electron chi connectivity index (χ1n) is 6.23. The van der Waals surface area contributed by atoms with E-state index in [-0.39, 0.29) is 24.2 Å². The average molecular weight is 259 g/mol. The Labute approximate surface area is 109 Å². The molecule has 0 aromatic heterocycles. The summed E-state index contributed by atoms with van der Waals surface area (Å²) in [5.41, 5.74) is 5.78. The van der Waals surface area contributed by atoms with Crippen LogP contribution < -0.4 is 5.73 Å². The number of methoxy groups -OCH3 is 2. The fraction of sp³-hybridized carbons (Fsp3) is 0.917. The monoisotopic (exact) mass is 259 g/mol. The summed E-state index contributed by atoms with van der Waals surface area (Å²) in [4.78, 5) is 15.5. The number of nitrogens with zero attached hydrogens (tertiary/aromatic N) is 2. The van der Waals surface area contributed by atoms with E-state index in [1.165, 1.54) is 0 Å². The average Bonchev–Trinajstić information content (AvgIpc) is 2.78. The number of hydrogen-bond acceptors (Lipinski definition) is 5. The Morgan fingerprint density at radius 2 is 1.83 bits per heavy atom. The second-order valence-corrected chi connectivity index (χ2v) is 4.88. The van der Waals surface area contributed by atoms with Gasteiger partial charge in [-0.25, -0.2) is 0 Å². The lowest BCUT2D eigenvalue weighted by Gasteiger charge is -2.27. The number of likely N-dealkylation sites (tertiary alicyclic amines) is 1. The van der Waals surface area contributed by atoms with Crippen LogP contribution in [-0.2, 0) is 14.3 Å². The van der Waals surface area contributed by atoms with E-state index in [1.807, 2.05) is 0 Å². The van der Waals surface area contributed by atoms with Gasteiger partial charge in [0.25, 0.3) is 0 Å². The molecule has 0 aliphatic carbocycles. The highest BCUT2D eigenvalue weighted by molar-refractivity contribution is 5.76. The van der Waals surface area contributed by atoms with Crippen molar-refractivity contribution in [3.05, 3.63) is 0 Å². The third-order valence-corrected chi connectivity index (χ3v) is 3.55. The predicted molar refractivity (Wildman–Crippen MR) is 69.3 cm³/mol. The highest BCUT2D eigenvalue weighted by Gasteiger charge is 2.36. The fourth-order valence-electron chi connectivity index (χ4n) is 2.27. The number of carbonyl (C=O) groups excluding carboxylic acids is 1. The molecule has 6 heteroatoms. The van der Waals surface area contributed by atoms with Crippen molar-refractivity contribution in [1.82, 2.24) is 9.80 Å². The number of nitrogens with two attached hydrogens (primary N) is 1. The third-order valence-electron chi connectivity index (χ3n) is 3.55. The maximum Gasteiger partial charge on any atom is 0.223 e. The smallest absolute Gasteiger partial charge is 0.223 e. The summed E-state index contributed by atoms with van der Waals surface area (Å²) in [6.45, 7) is 1.99. The summed E-state index contributed by atoms with van der Waals surface area (Å²) in [6.07, 6.45) is 0.549. The molecular formula is C12H25N3O3. The molecular weight excluding hydrogens is 234 g/mol. The quantitative estimate of drug-likeness (QED) is 0.672. The number of hydrogen-bond donors (Lipinski definition) is 1. The fourth-order valence-corrected chi connectivity index (χ4v) is 2.27. The summed E-state index contributed by atoms with van der Waals surface area (Å²) >= 11 is 0.